The maximum Gasteiger partial charge on any atom is 0.220 e. The third-order valence-electron chi connectivity index (χ3n) is 4.16. The second kappa shape index (κ2) is 5.96. The highest BCUT2D eigenvalue weighted by atomic mass is 16.5. The molecule has 0 aliphatic carbocycles. The second-order valence-electron chi connectivity index (χ2n) is 6.37. The molecule has 1 amide bonds. The Balaban J connectivity index is 1.85. The molecule has 4 heteroatoms. The van der Waals surface area contributed by atoms with Crippen LogP contribution in [-0.4, -0.2) is 25.2 Å². The first-order valence-corrected chi connectivity index (χ1v) is 7.82. The first-order chi connectivity index (χ1) is 10.1. The van der Waals surface area contributed by atoms with Crippen molar-refractivity contribution in [3.63, 3.8) is 0 Å². The number of rotatable bonds is 3. The minimum Gasteiger partial charge on any atom is -0.490 e. The molecule has 0 saturated carbocycles. The van der Waals surface area contributed by atoms with Crippen molar-refractivity contribution in [1.82, 2.24) is 5.32 Å². The molecule has 0 spiro atoms. The number of carbonyl (C=O) groups excluding carboxylic acids is 1. The zero-order valence-corrected chi connectivity index (χ0v) is 12.7. The van der Waals surface area contributed by atoms with Gasteiger partial charge >= 0.3 is 0 Å². The molecule has 2 atom stereocenters. The SMILES string of the molecule is CC(C)CC1NC(=O)CC1c1ccc2c(c1)OCCCO2. The molecule has 2 heterocycles. The quantitative estimate of drug-likeness (QED) is 0.930. The van der Waals surface area contributed by atoms with Gasteiger partial charge in [-0.25, -0.2) is 0 Å². The minimum absolute atomic E-state index is 0.151. The fourth-order valence-electron chi connectivity index (χ4n) is 3.20. The van der Waals surface area contributed by atoms with Crippen molar-refractivity contribution < 1.29 is 14.3 Å². The molecular formula is C17H23NO3. The van der Waals surface area contributed by atoms with E-state index in [0.717, 1.165) is 24.3 Å². The van der Waals surface area contributed by atoms with Crippen LogP contribution in [0.1, 0.15) is 44.6 Å². The molecule has 0 aromatic heterocycles. The van der Waals surface area contributed by atoms with Gasteiger partial charge in [0.2, 0.25) is 5.91 Å². The number of hydrogen-bond donors (Lipinski definition) is 1. The van der Waals surface area contributed by atoms with Crippen LogP contribution in [0.3, 0.4) is 0 Å². The first-order valence-electron chi connectivity index (χ1n) is 7.82. The molecule has 0 radical (unpaired) electrons. The topological polar surface area (TPSA) is 47.6 Å². The van der Waals surface area contributed by atoms with E-state index >= 15 is 0 Å². The lowest BCUT2D eigenvalue weighted by molar-refractivity contribution is -0.119. The lowest BCUT2D eigenvalue weighted by Gasteiger charge is -2.21. The van der Waals surface area contributed by atoms with Gasteiger partial charge in [0.1, 0.15) is 0 Å². The van der Waals surface area contributed by atoms with E-state index in [1.54, 1.807) is 0 Å². The summed E-state index contributed by atoms with van der Waals surface area (Å²) < 4.78 is 11.4. The number of carbonyl (C=O) groups is 1. The first kappa shape index (κ1) is 14.2. The van der Waals surface area contributed by atoms with Crippen LogP contribution in [0.2, 0.25) is 0 Å². The smallest absolute Gasteiger partial charge is 0.220 e. The Hall–Kier alpha value is -1.71. The van der Waals surface area contributed by atoms with Gasteiger partial charge in [-0.1, -0.05) is 19.9 Å². The average Bonchev–Trinajstić information content (AvgIpc) is 2.67. The lowest BCUT2D eigenvalue weighted by atomic mass is 9.87. The van der Waals surface area contributed by atoms with Crippen LogP contribution in [0, 0.1) is 5.92 Å². The van der Waals surface area contributed by atoms with Gasteiger partial charge in [-0.2, -0.15) is 0 Å². The highest BCUT2D eigenvalue weighted by Crippen LogP contribution is 2.37. The fourth-order valence-corrected chi connectivity index (χ4v) is 3.20. The fraction of sp³-hybridized carbons (Fsp3) is 0.588. The predicted octanol–water partition coefficient (Wildman–Crippen LogP) is 2.87. The van der Waals surface area contributed by atoms with E-state index in [1.807, 2.05) is 6.07 Å². The molecule has 0 bridgehead atoms. The Morgan fingerprint density at radius 1 is 1.24 bits per heavy atom. The number of ether oxygens (including phenoxy) is 2. The summed E-state index contributed by atoms with van der Waals surface area (Å²) in [6.45, 7) is 5.77. The summed E-state index contributed by atoms with van der Waals surface area (Å²) in [5.41, 5.74) is 1.17. The Labute approximate surface area is 125 Å². The molecule has 4 nitrogen and oxygen atoms in total. The van der Waals surface area contributed by atoms with E-state index in [4.69, 9.17) is 9.47 Å². The normalized spacial score (nSPS) is 24.8. The molecule has 21 heavy (non-hydrogen) atoms. The predicted molar refractivity (Wildman–Crippen MR) is 80.8 cm³/mol. The highest BCUT2D eigenvalue weighted by Gasteiger charge is 2.34. The Morgan fingerprint density at radius 2 is 2.00 bits per heavy atom. The highest BCUT2D eigenvalue weighted by molar-refractivity contribution is 5.80. The molecule has 1 fully saturated rings. The summed E-state index contributed by atoms with van der Waals surface area (Å²) in [5.74, 6) is 2.58. The summed E-state index contributed by atoms with van der Waals surface area (Å²) in [6, 6.07) is 6.33. The van der Waals surface area contributed by atoms with E-state index in [2.05, 4.69) is 31.3 Å². The van der Waals surface area contributed by atoms with Crippen molar-refractivity contribution in [3.05, 3.63) is 23.8 Å². The summed E-state index contributed by atoms with van der Waals surface area (Å²) in [5, 5.41) is 3.12. The Kier molecular flexibility index (Phi) is 4.04. The van der Waals surface area contributed by atoms with Crippen LogP contribution < -0.4 is 14.8 Å². The Morgan fingerprint density at radius 3 is 2.76 bits per heavy atom. The van der Waals surface area contributed by atoms with E-state index in [-0.39, 0.29) is 17.9 Å². The number of benzene rings is 1. The van der Waals surface area contributed by atoms with Gasteiger partial charge < -0.3 is 14.8 Å². The van der Waals surface area contributed by atoms with Crippen LogP contribution in [0.4, 0.5) is 0 Å². The van der Waals surface area contributed by atoms with Crippen LogP contribution in [0.25, 0.3) is 0 Å². The van der Waals surface area contributed by atoms with Crippen LogP contribution in [0.15, 0.2) is 18.2 Å². The summed E-state index contributed by atoms with van der Waals surface area (Å²) in [6.07, 6.45) is 2.48. The zero-order chi connectivity index (χ0) is 14.8. The van der Waals surface area contributed by atoms with Crippen molar-refractivity contribution in [2.45, 2.75) is 45.1 Å². The van der Waals surface area contributed by atoms with Gasteiger partial charge in [-0.05, 0) is 30.0 Å². The Bertz CT molecular complexity index is 527. The molecular weight excluding hydrogens is 266 g/mol. The van der Waals surface area contributed by atoms with E-state index in [1.165, 1.54) is 5.56 Å². The standard InChI is InChI=1S/C17H23NO3/c1-11(2)8-14-13(10-17(19)18-14)12-4-5-15-16(9-12)21-7-3-6-20-15/h4-5,9,11,13-14H,3,6-8,10H2,1-2H3,(H,18,19). The van der Waals surface area contributed by atoms with Gasteiger partial charge in [-0.15, -0.1) is 0 Å². The number of amides is 1. The molecule has 1 saturated heterocycles. The molecule has 2 aliphatic rings. The van der Waals surface area contributed by atoms with Gasteiger partial charge in [0.15, 0.2) is 11.5 Å². The maximum absolute atomic E-state index is 11.8. The van der Waals surface area contributed by atoms with Crippen LogP contribution in [-0.2, 0) is 4.79 Å². The molecule has 1 aromatic rings. The van der Waals surface area contributed by atoms with Gasteiger partial charge in [0, 0.05) is 24.8 Å². The van der Waals surface area contributed by atoms with Crippen LogP contribution >= 0.6 is 0 Å². The molecule has 2 unspecified atom stereocenters. The largest absolute Gasteiger partial charge is 0.490 e. The molecule has 1 aromatic carbocycles. The van der Waals surface area contributed by atoms with Gasteiger partial charge in [0.05, 0.1) is 13.2 Å². The molecule has 2 aliphatic heterocycles. The summed E-state index contributed by atoms with van der Waals surface area (Å²) >= 11 is 0. The molecule has 3 rings (SSSR count). The van der Waals surface area contributed by atoms with E-state index in [0.29, 0.717) is 25.6 Å². The lowest BCUT2D eigenvalue weighted by Crippen LogP contribution is -2.29. The zero-order valence-electron chi connectivity index (χ0n) is 12.7. The van der Waals surface area contributed by atoms with Crippen molar-refractivity contribution in [3.8, 4) is 11.5 Å². The average molecular weight is 289 g/mol. The van der Waals surface area contributed by atoms with Gasteiger partial charge in [0.25, 0.3) is 0 Å². The minimum atomic E-state index is 0.151. The number of fused-ring (bicyclic) bond motifs is 1. The molecule has 1 N–H and O–H groups in total. The van der Waals surface area contributed by atoms with Crippen molar-refractivity contribution in [2.24, 2.45) is 5.92 Å². The summed E-state index contributed by atoms with van der Waals surface area (Å²) in [7, 11) is 0. The van der Waals surface area contributed by atoms with Crippen molar-refractivity contribution >= 4 is 5.91 Å². The van der Waals surface area contributed by atoms with Gasteiger partial charge in [-0.3, -0.25) is 4.79 Å². The molecule has 114 valence electrons. The van der Waals surface area contributed by atoms with Crippen LogP contribution in [0.5, 0.6) is 11.5 Å². The monoisotopic (exact) mass is 289 g/mol. The van der Waals surface area contributed by atoms with E-state index < -0.39 is 0 Å². The summed E-state index contributed by atoms with van der Waals surface area (Å²) in [4.78, 5) is 11.8. The third kappa shape index (κ3) is 3.14. The maximum atomic E-state index is 11.8. The van der Waals surface area contributed by atoms with E-state index in [9.17, 15) is 4.79 Å². The van der Waals surface area contributed by atoms with Crippen molar-refractivity contribution in [1.29, 1.82) is 0 Å². The number of nitrogens with one attached hydrogen (secondary N) is 1. The number of hydrogen-bond acceptors (Lipinski definition) is 3. The van der Waals surface area contributed by atoms with Crippen molar-refractivity contribution in [2.75, 3.05) is 13.2 Å². The second-order valence-corrected chi connectivity index (χ2v) is 6.37. The third-order valence-corrected chi connectivity index (χ3v) is 4.16.